The molecular formula is C17H18O3. The van der Waals surface area contributed by atoms with Gasteiger partial charge in [-0.2, -0.15) is 0 Å². The topological polar surface area (TPSA) is 57.5 Å². The van der Waals surface area contributed by atoms with Crippen LogP contribution in [0.4, 0.5) is 0 Å². The first-order valence-corrected chi connectivity index (χ1v) is 6.46. The number of phenolic OH excluding ortho intramolecular Hbond substituents is 1. The van der Waals surface area contributed by atoms with Crippen molar-refractivity contribution in [1.82, 2.24) is 0 Å². The molecule has 0 bridgehead atoms. The van der Waals surface area contributed by atoms with E-state index in [-0.39, 0.29) is 16.7 Å². The lowest BCUT2D eigenvalue weighted by atomic mass is 9.84. The highest BCUT2D eigenvalue weighted by Crippen LogP contribution is 2.34. The van der Waals surface area contributed by atoms with E-state index in [9.17, 15) is 9.90 Å². The molecule has 0 aliphatic heterocycles. The zero-order chi connectivity index (χ0) is 14.9. The Bertz CT molecular complexity index is 634. The number of hydrogen-bond donors (Lipinski definition) is 2. The summed E-state index contributed by atoms with van der Waals surface area (Å²) in [5.74, 6) is -0.652. The van der Waals surface area contributed by atoms with Gasteiger partial charge in [0.05, 0.1) is 5.56 Å². The summed E-state index contributed by atoms with van der Waals surface area (Å²) in [6.07, 6.45) is 0. The normalized spacial score (nSPS) is 11.3. The molecule has 20 heavy (non-hydrogen) atoms. The third-order valence-electron chi connectivity index (χ3n) is 3.27. The van der Waals surface area contributed by atoms with Crippen molar-refractivity contribution in [3.05, 3.63) is 53.6 Å². The Morgan fingerprint density at radius 2 is 1.50 bits per heavy atom. The lowest BCUT2D eigenvalue weighted by Gasteiger charge is -2.21. The van der Waals surface area contributed by atoms with Crippen molar-refractivity contribution in [3.8, 4) is 16.9 Å². The number of carboxylic acid groups (broad SMARTS) is 1. The Balaban J connectivity index is 2.45. The molecule has 0 aliphatic rings. The van der Waals surface area contributed by atoms with Crippen molar-refractivity contribution in [2.45, 2.75) is 26.2 Å². The van der Waals surface area contributed by atoms with Gasteiger partial charge in [0.2, 0.25) is 0 Å². The summed E-state index contributed by atoms with van der Waals surface area (Å²) in [5, 5.41) is 18.9. The molecule has 0 saturated heterocycles. The monoisotopic (exact) mass is 270 g/mol. The molecule has 0 aliphatic carbocycles. The second-order valence-corrected chi connectivity index (χ2v) is 5.86. The van der Waals surface area contributed by atoms with E-state index >= 15 is 0 Å². The van der Waals surface area contributed by atoms with E-state index in [2.05, 4.69) is 0 Å². The van der Waals surface area contributed by atoms with Crippen molar-refractivity contribution >= 4 is 5.97 Å². The third kappa shape index (κ3) is 2.82. The van der Waals surface area contributed by atoms with Crippen LogP contribution in [0.5, 0.6) is 5.75 Å². The quantitative estimate of drug-likeness (QED) is 0.865. The van der Waals surface area contributed by atoms with E-state index in [4.69, 9.17) is 5.11 Å². The van der Waals surface area contributed by atoms with E-state index in [0.29, 0.717) is 0 Å². The van der Waals surface area contributed by atoms with E-state index in [0.717, 1.165) is 16.7 Å². The van der Waals surface area contributed by atoms with Crippen LogP contribution in [-0.4, -0.2) is 16.2 Å². The van der Waals surface area contributed by atoms with Crippen LogP contribution in [0.15, 0.2) is 42.5 Å². The average molecular weight is 270 g/mol. The van der Waals surface area contributed by atoms with Crippen LogP contribution < -0.4 is 0 Å². The lowest BCUT2D eigenvalue weighted by Crippen LogP contribution is -2.11. The largest absolute Gasteiger partial charge is 0.508 e. The molecule has 2 rings (SSSR count). The maximum absolute atomic E-state index is 10.8. The molecule has 0 radical (unpaired) electrons. The number of aromatic carboxylic acids is 1. The Kier molecular flexibility index (Phi) is 3.53. The minimum atomic E-state index is -0.933. The zero-order valence-electron chi connectivity index (χ0n) is 11.8. The second kappa shape index (κ2) is 5.00. The molecule has 0 atom stereocenters. The number of hydrogen-bond acceptors (Lipinski definition) is 2. The number of rotatable bonds is 2. The summed E-state index contributed by atoms with van der Waals surface area (Å²) in [4.78, 5) is 10.8. The Labute approximate surface area is 118 Å². The van der Waals surface area contributed by atoms with Crippen LogP contribution >= 0.6 is 0 Å². The fraction of sp³-hybridized carbons (Fsp3) is 0.235. The molecule has 0 heterocycles. The van der Waals surface area contributed by atoms with Gasteiger partial charge in [-0.3, -0.25) is 0 Å². The highest BCUT2D eigenvalue weighted by molar-refractivity contribution is 5.88. The smallest absolute Gasteiger partial charge is 0.335 e. The zero-order valence-corrected chi connectivity index (χ0v) is 11.8. The third-order valence-corrected chi connectivity index (χ3v) is 3.27. The molecule has 3 nitrogen and oxygen atoms in total. The maximum atomic E-state index is 10.8. The molecule has 104 valence electrons. The first-order chi connectivity index (χ1) is 9.29. The molecular weight excluding hydrogens is 252 g/mol. The predicted molar refractivity (Wildman–Crippen MR) is 79.2 cm³/mol. The van der Waals surface area contributed by atoms with E-state index in [1.165, 1.54) is 0 Å². The molecule has 0 amide bonds. The summed E-state index contributed by atoms with van der Waals surface area (Å²) in [6, 6.07) is 12.2. The van der Waals surface area contributed by atoms with Gasteiger partial charge < -0.3 is 10.2 Å². The van der Waals surface area contributed by atoms with Crippen molar-refractivity contribution in [2.75, 3.05) is 0 Å². The van der Waals surface area contributed by atoms with Gasteiger partial charge in [-0.25, -0.2) is 4.79 Å². The van der Waals surface area contributed by atoms with E-state index < -0.39 is 5.97 Å². The van der Waals surface area contributed by atoms with E-state index in [1.807, 2.05) is 32.9 Å². The van der Waals surface area contributed by atoms with E-state index in [1.54, 1.807) is 30.3 Å². The van der Waals surface area contributed by atoms with Crippen LogP contribution in [0.25, 0.3) is 11.1 Å². The van der Waals surface area contributed by atoms with Gasteiger partial charge in [-0.05, 0) is 46.4 Å². The standard InChI is InChI=1S/C17H18O3/c1-17(2,3)14-10-13(8-9-15(14)18)11-4-6-12(7-5-11)16(19)20/h4-10,18H,1-3H3,(H,19,20). The number of carboxylic acids is 1. The van der Waals surface area contributed by atoms with Gasteiger partial charge in [0, 0.05) is 0 Å². The fourth-order valence-electron chi connectivity index (χ4n) is 2.12. The second-order valence-electron chi connectivity index (χ2n) is 5.86. The van der Waals surface area contributed by atoms with Crippen LogP contribution in [0.2, 0.25) is 0 Å². The van der Waals surface area contributed by atoms with Gasteiger partial charge in [-0.15, -0.1) is 0 Å². The molecule has 3 heteroatoms. The summed E-state index contributed by atoms with van der Waals surface area (Å²) in [7, 11) is 0. The van der Waals surface area contributed by atoms with Gasteiger partial charge in [-0.1, -0.05) is 39.0 Å². The number of benzene rings is 2. The molecule has 2 aromatic rings. The molecule has 0 unspecified atom stereocenters. The van der Waals surface area contributed by atoms with Gasteiger partial charge in [0.1, 0.15) is 5.75 Å². The van der Waals surface area contributed by atoms with Crippen molar-refractivity contribution < 1.29 is 15.0 Å². The number of aromatic hydroxyl groups is 1. The predicted octanol–water partition coefficient (Wildman–Crippen LogP) is 4.05. The first-order valence-electron chi connectivity index (χ1n) is 6.46. The molecule has 0 saturated carbocycles. The summed E-state index contributed by atoms with van der Waals surface area (Å²) < 4.78 is 0. The minimum Gasteiger partial charge on any atom is -0.508 e. The van der Waals surface area contributed by atoms with Crippen molar-refractivity contribution in [2.24, 2.45) is 0 Å². The molecule has 0 aromatic heterocycles. The molecule has 2 aromatic carbocycles. The molecule has 0 spiro atoms. The van der Waals surface area contributed by atoms with Gasteiger partial charge >= 0.3 is 5.97 Å². The average Bonchev–Trinajstić information content (AvgIpc) is 2.38. The summed E-state index contributed by atoms with van der Waals surface area (Å²) in [6.45, 7) is 6.12. The Morgan fingerprint density at radius 1 is 0.950 bits per heavy atom. The molecule has 2 N–H and O–H groups in total. The van der Waals surface area contributed by atoms with Crippen LogP contribution in [0.3, 0.4) is 0 Å². The Morgan fingerprint density at radius 3 is 2.00 bits per heavy atom. The molecule has 0 fully saturated rings. The lowest BCUT2D eigenvalue weighted by molar-refractivity contribution is 0.0697. The minimum absolute atomic E-state index is 0.152. The van der Waals surface area contributed by atoms with Crippen molar-refractivity contribution in [1.29, 1.82) is 0 Å². The van der Waals surface area contributed by atoms with Crippen LogP contribution in [0.1, 0.15) is 36.7 Å². The first kappa shape index (κ1) is 14.1. The van der Waals surface area contributed by atoms with Gasteiger partial charge in [0.25, 0.3) is 0 Å². The summed E-state index contributed by atoms with van der Waals surface area (Å²) >= 11 is 0. The number of carbonyl (C=O) groups is 1. The SMILES string of the molecule is CC(C)(C)c1cc(-c2ccc(C(=O)O)cc2)ccc1O. The van der Waals surface area contributed by atoms with Crippen LogP contribution in [-0.2, 0) is 5.41 Å². The van der Waals surface area contributed by atoms with Gasteiger partial charge in [0.15, 0.2) is 0 Å². The summed E-state index contributed by atoms with van der Waals surface area (Å²) in [5.41, 5.74) is 2.88. The highest BCUT2D eigenvalue weighted by Gasteiger charge is 2.18. The van der Waals surface area contributed by atoms with Crippen molar-refractivity contribution in [3.63, 3.8) is 0 Å². The highest BCUT2D eigenvalue weighted by atomic mass is 16.4. The number of phenols is 1. The maximum Gasteiger partial charge on any atom is 0.335 e. The Hall–Kier alpha value is -2.29. The fourth-order valence-corrected chi connectivity index (χ4v) is 2.12. The van der Waals surface area contributed by atoms with Crippen LogP contribution in [0, 0.1) is 0 Å².